The van der Waals surface area contributed by atoms with Gasteiger partial charge in [0.25, 0.3) is 11.8 Å². The molecule has 0 radical (unpaired) electrons. The number of imide groups is 1. The number of carbonyl (C=O) groups excluding carboxylic acids is 2. The van der Waals surface area contributed by atoms with Crippen LogP contribution in [0.5, 0.6) is 0 Å². The molecule has 1 heterocycles. The second-order valence-corrected chi connectivity index (χ2v) is 5.85. The van der Waals surface area contributed by atoms with Crippen LogP contribution in [0.4, 0.5) is 5.69 Å². The number of rotatable bonds is 7. The standard InChI is InChI=1S/C18H22N4O2/c1-2-3-11-22(20-10-9-19)15-8-7-14-16-12(15)5-4-6-13(16)17(23)21-18(14)24/h4-8,20H,2-3,9-11,19H2,1H3,(H,21,23,24). The zero-order valence-electron chi connectivity index (χ0n) is 13.8. The van der Waals surface area contributed by atoms with Gasteiger partial charge >= 0.3 is 0 Å². The van der Waals surface area contributed by atoms with Crippen LogP contribution >= 0.6 is 0 Å². The predicted octanol–water partition coefficient (Wildman–Crippen LogP) is 1.79. The minimum Gasteiger partial charge on any atom is -0.329 e. The van der Waals surface area contributed by atoms with E-state index in [-0.39, 0.29) is 11.8 Å². The van der Waals surface area contributed by atoms with Crippen LogP contribution in [0, 0.1) is 0 Å². The molecule has 1 aliphatic heterocycles. The molecule has 2 aromatic rings. The molecule has 2 amide bonds. The molecule has 6 nitrogen and oxygen atoms in total. The molecule has 0 spiro atoms. The number of nitrogens with one attached hydrogen (secondary N) is 2. The summed E-state index contributed by atoms with van der Waals surface area (Å²) in [5.74, 6) is -0.685. The largest absolute Gasteiger partial charge is 0.329 e. The topological polar surface area (TPSA) is 87.5 Å². The van der Waals surface area contributed by atoms with Gasteiger partial charge in [0.1, 0.15) is 0 Å². The monoisotopic (exact) mass is 326 g/mol. The van der Waals surface area contributed by atoms with Crippen molar-refractivity contribution in [1.29, 1.82) is 0 Å². The van der Waals surface area contributed by atoms with Gasteiger partial charge in [0.15, 0.2) is 0 Å². The maximum Gasteiger partial charge on any atom is 0.258 e. The van der Waals surface area contributed by atoms with E-state index in [9.17, 15) is 9.59 Å². The van der Waals surface area contributed by atoms with Crippen molar-refractivity contribution in [1.82, 2.24) is 10.7 Å². The number of hydrogen-bond donors (Lipinski definition) is 3. The maximum absolute atomic E-state index is 12.1. The summed E-state index contributed by atoms with van der Waals surface area (Å²) >= 11 is 0. The van der Waals surface area contributed by atoms with Crippen LogP contribution in [0.1, 0.15) is 40.5 Å². The van der Waals surface area contributed by atoms with E-state index in [0.717, 1.165) is 35.8 Å². The Morgan fingerprint density at radius 3 is 2.58 bits per heavy atom. The SMILES string of the molecule is CCCCN(NCCN)c1ccc2c3c(cccc13)C(=O)NC2=O. The van der Waals surface area contributed by atoms with E-state index in [4.69, 9.17) is 5.73 Å². The summed E-state index contributed by atoms with van der Waals surface area (Å²) in [6, 6.07) is 9.26. The molecule has 0 saturated carbocycles. The molecule has 3 rings (SSSR count). The first kappa shape index (κ1) is 16.4. The van der Waals surface area contributed by atoms with Crippen molar-refractivity contribution in [3.8, 4) is 0 Å². The van der Waals surface area contributed by atoms with E-state index in [1.165, 1.54) is 0 Å². The van der Waals surface area contributed by atoms with Crippen molar-refractivity contribution in [2.24, 2.45) is 5.73 Å². The van der Waals surface area contributed by atoms with Crippen LogP contribution in [0.15, 0.2) is 30.3 Å². The van der Waals surface area contributed by atoms with Gasteiger partial charge in [-0.15, -0.1) is 0 Å². The van der Waals surface area contributed by atoms with E-state index in [0.29, 0.717) is 24.2 Å². The van der Waals surface area contributed by atoms with Gasteiger partial charge in [0.2, 0.25) is 0 Å². The lowest BCUT2D eigenvalue weighted by Gasteiger charge is -2.28. The number of hydrogen-bond acceptors (Lipinski definition) is 5. The van der Waals surface area contributed by atoms with Gasteiger partial charge in [0, 0.05) is 41.5 Å². The van der Waals surface area contributed by atoms with Crippen molar-refractivity contribution >= 4 is 28.3 Å². The number of unbranched alkanes of at least 4 members (excludes halogenated alkanes) is 1. The summed E-state index contributed by atoms with van der Waals surface area (Å²) in [5, 5.41) is 6.07. The number of nitrogens with two attached hydrogens (primary N) is 1. The van der Waals surface area contributed by atoms with Crippen molar-refractivity contribution in [3.63, 3.8) is 0 Å². The highest BCUT2D eigenvalue weighted by Gasteiger charge is 2.26. The number of amides is 2. The van der Waals surface area contributed by atoms with Gasteiger partial charge in [-0.1, -0.05) is 25.5 Å². The Hall–Kier alpha value is -2.44. The molecule has 0 bridgehead atoms. The fraction of sp³-hybridized carbons (Fsp3) is 0.333. The molecular formula is C18H22N4O2. The molecule has 0 fully saturated rings. The van der Waals surface area contributed by atoms with Crippen LogP contribution in [0.3, 0.4) is 0 Å². The fourth-order valence-electron chi connectivity index (χ4n) is 3.04. The summed E-state index contributed by atoms with van der Waals surface area (Å²) in [6.45, 7) is 4.16. The average Bonchev–Trinajstić information content (AvgIpc) is 2.59. The lowest BCUT2D eigenvalue weighted by Crippen LogP contribution is -2.42. The first-order chi connectivity index (χ1) is 11.7. The summed E-state index contributed by atoms with van der Waals surface area (Å²) in [6.07, 6.45) is 2.10. The van der Waals surface area contributed by atoms with Gasteiger partial charge < -0.3 is 10.7 Å². The van der Waals surface area contributed by atoms with Crippen molar-refractivity contribution in [2.75, 3.05) is 24.6 Å². The lowest BCUT2D eigenvalue weighted by atomic mass is 9.94. The quantitative estimate of drug-likeness (QED) is 0.533. The third-order valence-corrected chi connectivity index (χ3v) is 4.21. The Balaban J connectivity index is 2.14. The zero-order chi connectivity index (χ0) is 17.1. The predicted molar refractivity (Wildman–Crippen MR) is 95.1 cm³/mol. The van der Waals surface area contributed by atoms with Crippen molar-refractivity contribution < 1.29 is 9.59 Å². The molecule has 1 aliphatic rings. The van der Waals surface area contributed by atoms with Crippen molar-refractivity contribution in [2.45, 2.75) is 19.8 Å². The second-order valence-electron chi connectivity index (χ2n) is 5.85. The van der Waals surface area contributed by atoms with E-state index in [2.05, 4.69) is 22.7 Å². The van der Waals surface area contributed by atoms with Crippen LogP contribution in [-0.4, -0.2) is 31.4 Å². The van der Waals surface area contributed by atoms with Crippen LogP contribution in [0.2, 0.25) is 0 Å². The van der Waals surface area contributed by atoms with Gasteiger partial charge in [0.05, 0.1) is 5.69 Å². The number of hydrazine groups is 1. The summed E-state index contributed by atoms with van der Waals surface area (Å²) < 4.78 is 0. The summed E-state index contributed by atoms with van der Waals surface area (Å²) in [7, 11) is 0. The van der Waals surface area contributed by atoms with Crippen LogP contribution in [-0.2, 0) is 0 Å². The second kappa shape index (κ2) is 6.98. The molecule has 6 heteroatoms. The number of carbonyl (C=O) groups is 2. The van der Waals surface area contributed by atoms with Gasteiger partial charge in [-0.05, 0) is 24.6 Å². The highest BCUT2D eigenvalue weighted by atomic mass is 16.2. The van der Waals surface area contributed by atoms with Gasteiger partial charge in [-0.3, -0.25) is 14.9 Å². The maximum atomic E-state index is 12.1. The average molecular weight is 326 g/mol. The van der Waals surface area contributed by atoms with Crippen LogP contribution in [0.25, 0.3) is 10.8 Å². The number of anilines is 1. The third kappa shape index (κ3) is 2.86. The summed E-state index contributed by atoms with van der Waals surface area (Å²) in [5.41, 5.74) is 11.0. The Kier molecular flexibility index (Phi) is 4.78. The lowest BCUT2D eigenvalue weighted by molar-refractivity contribution is 0.0845. The normalized spacial score (nSPS) is 13.2. The van der Waals surface area contributed by atoms with Gasteiger partial charge in [-0.25, -0.2) is 5.43 Å². The molecule has 24 heavy (non-hydrogen) atoms. The molecule has 0 aromatic heterocycles. The molecule has 0 atom stereocenters. The minimum absolute atomic E-state index is 0.342. The highest BCUT2D eigenvalue weighted by Crippen LogP contribution is 2.33. The number of benzene rings is 2. The molecular weight excluding hydrogens is 304 g/mol. The Bertz CT molecular complexity index is 760. The highest BCUT2D eigenvalue weighted by molar-refractivity contribution is 6.26. The number of nitrogens with zero attached hydrogens (tertiary/aromatic N) is 1. The van der Waals surface area contributed by atoms with Crippen LogP contribution < -0.4 is 21.5 Å². The fourth-order valence-corrected chi connectivity index (χ4v) is 3.04. The first-order valence-electron chi connectivity index (χ1n) is 8.30. The Morgan fingerprint density at radius 1 is 1.12 bits per heavy atom. The molecule has 0 unspecified atom stereocenters. The van der Waals surface area contributed by atoms with Gasteiger partial charge in [-0.2, -0.15) is 0 Å². The summed E-state index contributed by atoms with van der Waals surface area (Å²) in [4.78, 5) is 24.3. The smallest absolute Gasteiger partial charge is 0.258 e. The molecule has 126 valence electrons. The van der Waals surface area contributed by atoms with Crippen molar-refractivity contribution in [3.05, 3.63) is 41.5 Å². The minimum atomic E-state index is -0.342. The van der Waals surface area contributed by atoms with E-state index in [1.807, 2.05) is 18.2 Å². The van der Waals surface area contributed by atoms with E-state index >= 15 is 0 Å². The zero-order valence-corrected chi connectivity index (χ0v) is 13.8. The van der Waals surface area contributed by atoms with E-state index in [1.54, 1.807) is 12.1 Å². The third-order valence-electron chi connectivity index (χ3n) is 4.21. The van der Waals surface area contributed by atoms with E-state index < -0.39 is 0 Å². The molecule has 0 aliphatic carbocycles. The first-order valence-corrected chi connectivity index (χ1v) is 8.30. The molecule has 2 aromatic carbocycles. The molecule has 4 N–H and O–H groups in total. The Morgan fingerprint density at radius 2 is 1.88 bits per heavy atom. The molecule has 0 saturated heterocycles. The Labute approximate surface area is 141 Å².